The number of halogens is 1. The maximum atomic E-state index is 11.6. The molecule has 0 aromatic rings. The van der Waals surface area contributed by atoms with Crippen molar-refractivity contribution < 1.29 is 33.3 Å². The lowest BCUT2D eigenvalue weighted by Crippen LogP contribution is -2.48. The van der Waals surface area contributed by atoms with Gasteiger partial charge in [-0.3, -0.25) is 14.4 Å². The third-order valence-electron chi connectivity index (χ3n) is 4.44. The van der Waals surface area contributed by atoms with E-state index in [1.165, 1.54) is 26.8 Å². The van der Waals surface area contributed by atoms with Crippen LogP contribution in [0.5, 0.6) is 0 Å². The first-order valence-corrected chi connectivity index (χ1v) is 10.0. The highest BCUT2D eigenvalue weighted by molar-refractivity contribution is 6.21. The topological polar surface area (TPSA) is 88.1 Å². The molecule has 0 radical (unpaired) electrons. The summed E-state index contributed by atoms with van der Waals surface area (Å²) in [5.41, 5.74) is 0. The predicted octanol–water partition coefficient (Wildman–Crippen LogP) is 2.93. The summed E-state index contributed by atoms with van der Waals surface area (Å²) in [5, 5.41) is -0.622. The summed E-state index contributed by atoms with van der Waals surface area (Å²) >= 11 is 6.55. The van der Waals surface area contributed by atoms with Crippen molar-refractivity contribution in [1.82, 2.24) is 0 Å². The molecule has 0 amide bonds. The monoisotopic (exact) mass is 428 g/mol. The van der Waals surface area contributed by atoms with Gasteiger partial charge < -0.3 is 18.9 Å². The molecule has 0 aliphatic carbocycles. The second-order valence-corrected chi connectivity index (χ2v) is 7.42. The van der Waals surface area contributed by atoms with Gasteiger partial charge in [0, 0.05) is 33.6 Å². The number of alkyl halides is 1. The molecule has 0 aromatic heterocycles. The van der Waals surface area contributed by atoms with Crippen molar-refractivity contribution >= 4 is 29.5 Å². The van der Waals surface area contributed by atoms with E-state index in [9.17, 15) is 14.4 Å². The Bertz CT molecular complexity index is 639. The molecule has 0 saturated carbocycles. The number of allylic oxidation sites excluding steroid dienone is 1. The summed E-state index contributed by atoms with van der Waals surface area (Å²) in [7, 11) is 0. The van der Waals surface area contributed by atoms with Gasteiger partial charge in [0.15, 0.2) is 0 Å². The van der Waals surface area contributed by atoms with Crippen LogP contribution in [0, 0.1) is 12.3 Å². The Labute approximate surface area is 177 Å². The third kappa shape index (κ3) is 8.88. The molecule has 0 unspecified atom stereocenters. The van der Waals surface area contributed by atoms with Crippen LogP contribution in [0.2, 0.25) is 0 Å². The molecular weight excluding hydrogens is 400 g/mol. The number of carbonyl (C=O) groups excluding carboxylic acids is 3. The highest BCUT2D eigenvalue weighted by Crippen LogP contribution is 2.31. The van der Waals surface area contributed by atoms with Crippen molar-refractivity contribution in [1.29, 1.82) is 0 Å². The molecule has 6 atom stereocenters. The highest BCUT2D eigenvalue weighted by atomic mass is 35.5. The SMILES string of the molecule is C#C/C=C\C[C@H]1O[C@H]([C@H](CC)OC(C)=O)C[C@@H](OC(C)=O)[C@H](Cl)C[C@H]1OC(C)=O. The summed E-state index contributed by atoms with van der Waals surface area (Å²) in [6, 6.07) is 0. The summed E-state index contributed by atoms with van der Waals surface area (Å²) in [4.78, 5) is 34.7. The van der Waals surface area contributed by atoms with Gasteiger partial charge in [0.2, 0.25) is 0 Å². The molecule has 1 aliphatic heterocycles. The first-order valence-electron chi connectivity index (χ1n) is 9.60. The first-order chi connectivity index (χ1) is 13.7. The van der Waals surface area contributed by atoms with E-state index < -0.39 is 53.8 Å². The van der Waals surface area contributed by atoms with Gasteiger partial charge in [0.05, 0.1) is 17.6 Å². The molecular formula is C21H29ClO7. The Hall–Kier alpha value is -2.04. The quantitative estimate of drug-likeness (QED) is 0.266. The van der Waals surface area contributed by atoms with Crippen molar-refractivity contribution in [3.8, 4) is 12.3 Å². The minimum atomic E-state index is -0.691. The minimum absolute atomic E-state index is 0.227. The van der Waals surface area contributed by atoms with Crippen molar-refractivity contribution in [2.75, 3.05) is 0 Å². The molecule has 0 bridgehead atoms. The number of carbonyl (C=O) groups is 3. The van der Waals surface area contributed by atoms with Crippen LogP contribution in [-0.4, -0.2) is 53.8 Å². The van der Waals surface area contributed by atoms with Gasteiger partial charge in [-0.1, -0.05) is 18.9 Å². The van der Waals surface area contributed by atoms with Gasteiger partial charge in [-0.15, -0.1) is 18.0 Å². The third-order valence-corrected chi connectivity index (χ3v) is 4.90. The Balaban J connectivity index is 3.25. The summed E-state index contributed by atoms with van der Waals surface area (Å²) in [6.07, 6.45) is 6.72. The number of esters is 3. The van der Waals surface area contributed by atoms with Gasteiger partial charge in [0.25, 0.3) is 0 Å². The number of ether oxygens (including phenoxy) is 4. The van der Waals surface area contributed by atoms with Crippen LogP contribution in [0.3, 0.4) is 0 Å². The fourth-order valence-corrected chi connectivity index (χ4v) is 3.62. The maximum Gasteiger partial charge on any atom is 0.302 e. The van der Waals surface area contributed by atoms with Crippen LogP contribution in [0.1, 0.15) is 53.4 Å². The summed E-state index contributed by atoms with van der Waals surface area (Å²) < 4.78 is 22.5. The number of terminal acetylenes is 1. The van der Waals surface area contributed by atoms with E-state index in [4.69, 9.17) is 37.0 Å². The lowest BCUT2D eigenvalue weighted by molar-refractivity contribution is -0.186. The molecule has 29 heavy (non-hydrogen) atoms. The molecule has 1 rings (SSSR count). The second kappa shape index (κ2) is 12.5. The first kappa shape index (κ1) is 25.0. The van der Waals surface area contributed by atoms with Crippen LogP contribution >= 0.6 is 11.6 Å². The zero-order valence-corrected chi connectivity index (χ0v) is 18.0. The minimum Gasteiger partial charge on any atom is -0.461 e. The Morgan fingerprint density at radius 1 is 1.14 bits per heavy atom. The van der Waals surface area contributed by atoms with Crippen molar-refractivity contribution in [2.24, 2.45) is 0 Å². The average molecular weight is 429 g/mol. The number of hydrogen-bond donors (Lipinski definition) is 0. The predicted molar refractivity (Wildman–Crippen MR) is 107 cm³/mol. The van der Waals surface area contributed by atoms with Crippen molar-refractivity contribution in [3.63, 3.8) is 0 Å². The lowest BCUT2D eigenvalue weighted by atomic mass is 9.94. The molecule has 0 spiro atoms. The van der Waals surface area contributed by atoms with Crippen LogP contribution in [0.15, 0.2) is 12.2 Å². The number of rotatable bonds is 7. The molecule has 1 heterocycles. The van der Waals surface area contributed by atoms with E-state index in [1.807, 2.05) is 6.92 Å². The molecule has 1 saturated heterocycles. The van der Waals surface area contributed by atoms with E-state index in [0.717, 1.165) is 0 Å². The second-order valence-electron chi connectivity index (χ2n) is 6.86. The maximum absolute atomic E-state index is 11.6. The Morgan fingerprint density at radius 2 is 1.76 bits per heavy atom. The average Bonchev–Trinajstić information content (AvgIpc) is 2.61. The van der Waals surface area contributed by atoms with Gasteiger partial charge in [-0.25, -0.2) is 0 Å². The summed E-state index contributed by atoms with van der Waals surface area (Å²) in [6.45, 7) is 5.75. The van der Waals surface area contributed by atoms with E-state index >= 15 is 0 Å². The fraction of sp³-hybridized carbons (Fsp3) is 0.667. The largest absolute Gasteiger partial charge is 0.461 e. The van der Waals surface area contributed by atoms with Gasteiger partial charge >= 0.3 is 17.9 Å². The van der Waals surface area contributed by atoms with Crippen LogP contribution in [-0.2, 0) is 33.3 Å². The molecule has 162 valence electrons. The molecule has 7 nitrogen and oxygen atoms in total. The van der Waals surface area contributed by atoms with Crippen molar-refractivity contribution in [3.05, 3.63) is 12.2 Å². The van der Waals surface area contributed by atoms with Crippen LogP contribution < -0.4 is 0 Å². The fourth-order valence-electron chi connectivity index (χ4n) is 3.29. The molecule has 8 heteroatoms. The normalized spacial score (nSPS) is 28.5. The van der Waals surface area contributed by atoms with Gasteiger partial charge in [-0.05, 0) is 18.9 Å². The van der Waals surface area contributed by atoms with E-state index in [-0.39, 0.29) is 12.8 Å². The highest BCUT2D eigenvalue weighted by Gasteiger charge is 2.40. The van der Waals surface area contributed by atoms with Crippen molar-refractivity contribution in [2.45, 2.75) is 89.3 Å². The standard InChI is InChI=1S/C21H29ClO7/c1-6-8-9-10-18-20(28-15(5)25)11-16(22)19(27-14(4)24)12-21(29-18)17(7-2)26-13(3)23/h1,8-9,16-21H,7,10-12H2,2-5H3/b9-8-/t16-,17+,18-,19-,20-,21+/m1/s1. The zero-order valence-electron chi connectivity index (χ0n) is 17.3. The molecule has 1 fully saturated rings. The Morgan fingerprint density at radius 3 is 2.28 bits per heavy atom. The van der Waals surface area contributed by atoms with Crippen LogP contribution in [0.25, 0.3) is 0 Å². The molecule has 0 aromatic carbocycles. The lowest BCUT2D eigenvalue weighted by Gasteiger charge is -2.39. The zero-order chi connectivity index (χ0) is 22.0. The molecule has 1 aliphatic rings. The molecule has 0 N–H and O–H groups in total. The Kier molecular flexibility index (Phi) is 10.8. The van der Waals surface area contributed by atoms with E-state index in [2.05, 4.69) is 5.92 Å². The van der Waals surface area contributed by atoms with Crippen LogP contribution in [0.4, 0.5) is 0 Å². The summed E-state index contributed by atoms with van der Waals surface area (Å²) in [5.74, 6) is 0.980. The number of hydrogen-bond acceptors (Lipinski definition) is 7. The van der Waals surface area contributed by atoms with Gasteiger partial charge in [0.1, 0.15) is 18.3 Å². The van der Waals surface area contributed by atoms with E-state index in [1.54, 1.807) is 6.08 Å². The smallest absolute Gasteiger partial charge is 0.302 e. The van der Waals surface area contributed by atoms with Gasteiger partial charge in [-0.2, -0.15) is 0 Å². The van der Waals surface area contributed by atoms with E-state index in [0.29, 0.717) is 12.8 Å².